The number of rotatable bonds is 6. The molecule has 0 heterocycles. The lowest BCUT2D eigenvalue weighted by Gasteiger charge is -2.55. The fourth-order valence-electron chi connectivity index (χ4n) is 2.99. The van der Waals surface area contributed by atoms with Crippen molar-refractivity contribution in [2.75, 3.05) is 6.54 Å². The van der Waals surface area contributed by atoms with Crippen LogP contribution in [0.2, 0.25) is 0 Å². The van der Waals surface area contributed by atoms with E-state index in [4.69, 9.17) is 5.73 Å². The topological polar surface area (TPSA) is 29.3 Å². The summed E-state index contributed by atoms with van der Waals surface area (Å²) in [5, 5.41) is 0. The molecule has 2 N–H and O–H groups in total. The minimum atomic E-state index is -0.273. The molecule has 1 unspecified atom stereocenters. The van der Waals surface area contributed by atoms with Crippen LogP contribution < -0.4 is 5.73 Å². The van der Waals surface area contributed by atoms with Gasteiger partial charge in [0.1, 0.15) is 0 Å². The van der Waals surface area contributed by atoms with Crippen molar-refractivity contribution in [3.05, 3.63) is 0 Å². The van der Waals surface area contributed by atoms with Crippen molar-refractivity contribution in [2.24, 2.45) is 16.6 Å². The normalized spacial score (nSPS) is 17.7. The highest BCUT2D eigenvalue weighted by molar-refractivity contribution is 4.99. The van der Waals surface area contributed by atoms with Gasteiger partial charge >= 0.3 is 0 Å². The zero-order valence-electron chi connectivity index (χ0n) is 15.1. The Labute approximate surface area is 122 Å². The maximum Gasteiger partial charge on any atom is 0.0667 e. The molecule has 0 fully saturated rings. The van der Waals surface area contributed by atoms with Crippen molar-refractivity contribution in [3.63, 3.8) is 0 Å². The lowest BCUT2D eigenvalue weighted by atomic mass is 9.72. The predicted octanol–water partition coefficient (Wildman–Crippen LogP) is 4.63. The highest BCUT2D eigenvalue weighted by atomic mass is 15.3. The fraction of sp³-hybridized carbons (Fsp3) is 1.00. The van der Waals surface area contributed by atoms with Crippen LogP contribution in [0.1, 0.15) is 82.1 Å². The number of nitrogens with zero attached hydrogens (tertiary/aromatic N) is 1. The molecule has 0 aliphatic heterocycles. The van der Waals surface area contributed by atoms with Gasteiger partial charge in [0.15, 0.2) is 0 Å². The molecule has 0 aliphatic rings. The molecule has 0 amide bonds. The Hall–Kier alpha value is -0.0800. The van der Waals surface area contributed by atoms with Crippen LogP contribution in [0.4, 0.5) is 0 Å². The van der Waals surface area contributed by atoms with Gasteiger partial charge < -0.3 is 5.73 Å². The summed E-state index contributed by atoms with van der Waals surface area (Å²) >= 11 is 0. The maximum atomic E-state index is 6.74. The molecule has 0 rings (SSSR count). The summed E-state index contributed by atoms with van der Waals surface area (Å²) in [7, 11) is 0. The Morgan fingerprint density at radius 3 is 1.53 bits per heavy atom. The molecule has 0 aromatic rings. The van der Waals surface area contributed by atoms with E-state index in [1.54, 1.807) is 0 Å². The molecule has 0 spiro atoms. The standard InChI is InChI=1S/C17H38N2/c1-11-15(6,7)13-17(10,18)19(12-2)16(8,9)14(3,4)5/h11-13,18H2,1-10H3. The lowest BCUT2D eigenvalue weighted by molar-refractivity contribution is -0.0650. The zero-order chi connectivity index (χ0) is 15.7. The summed E-state index contributed by atoms with van der Waals surface area (Å²) in [4.78, 5) is 2.48. The zero-order valence-corrected chi connectivity index (χ0v) is 15.1. The van der Waals surface area contributed by atoms with Gasteiger partial charge in [0.2, 0.25) is 0 Å². The molecule has 116 valence electrons. The first-order valence-corrected chi connectivity index (χ1v) is 7.78. The predicted molar refractivity (Wildman–Crippen MR) is 87.2 cm³/mol. The van der Waals surface area contributed by atoms with Gasteiger partial charge in [-0.05, 0) is 44.6 Å². The first kappa shape index (κ1) is 18.9. The Morgan fingerprint density at radius 1 is 0.842 bits per heavy atom. The Morgan fingerprint density at radius 2 is 1.26 bits per heavy atom. The van der Waals surface area contributed by atoms with Crippen LogP contribution in [-0.2, 0) is 0 Å². The van der Waals surface area contributed by atoms with Crippen molar-refractivity contribution in [3.8, 4) is 0 Å². The third-order valence-electron chi connectivity index (χ3n) is 5.24. The maximum absolute atomic E-state index is 6.74. The van der Waals surface area contributed by atoms with E-state index in [1.165, 1.54) is 0 Å². The molecule has 0 aliphatic carbocycles. The van der Waals surface area contributed by atoms with Crippen molar-refractivity contribution >= 4 is 0 Å². The molecule has 19 heavy (non-hydrogen) atoms. The lowest BCUT2D eigenvalue weighted by Crippen LogP contribution is -2.66. The van der Waals surface area contributed by atoms with E-state index in [-0.39, 0.29) is 22.0 Å². The molecule has 0 bridgehead atoms. The van der Waals surface area contributed by atoms with E-state index >= 15 is 0 Å². The molecule has 0 radical (unpaired) electrons. The highest BCUT2D eigenvalue weighted by Gasteiger charge is 2.45. The molecular weight excluding hydrogens is 232 g/mol. The van der Waals surface area contributed by atoms with E-state index in [1.807, 2.05) is 0 Å². The van der Waals surface area contributed by atoms with Crippen LogP contribution in [0.5, 0.6) is 0 Å². The second-order valence-electron chi connectivity index (χ2n) is 8.60. The minimum Gasteiger partial charge on any atom is -0.313 e. The van der Waals surface area contributed by atoms with Crippen molar-refractivity contribution in [1.29, 1.82) is 0 Å². The summed E-state index contributed by atoms with van der Waals surface area (Å²) in [6, 6.07) is 0. The second-order valence-corrected chi connectivity index (χ2v) is 8.60. The van der Waals surface area contributed by atoms with E-state index in [2.05, 4.69) is 74.1 Å². The monoisotopic (exact) mass is 270 g/mol. The largest absolute Gasteiger partial charge is 0.313 e. The van der Waals surface area contributed by atoms with Gasteiger partial charge in [0, 0.05) is 5.54 Å². The van der Waals surface area contributed by atoms with Gasteiger partial charge in [-0.1, -0.05) is 54.9 Å². The van der Waals surface area contributed by atoms with Crippen LogP contribution in [0, 0.1) is 10.8 Å². The van der Waals surface area contributed by atoms with Gasteiger partial charge in [0.25, 0.3) is 0 Å². The highest BCUT2D eigenvalue weighted by Crippen LogP contribution is 2.41. The Bertz CT molecular complexity index is 282. The summed E-state index contributed by atoms with van der Waals surface area (Å²) in [5.41, 5.74) is 7.01. The van der Waals surface area contributed by atoms with Crippen LogP contribution in [0.3, 0.4) is 0 Å². The molecule has 0 aromatic carbocycles. The fourth-order valence-corrected chi connectivity index (χ4v) is 2.99. The Balaban J connectivity index is 5.36. The van der Waals surface area contributed by atoms with Crippen molar-refractivity contribution in [2.45, 2.75) is 93.3 Å². The molecule has 0 saturated carbocycles. The van der Waals surface area contributed by atoms with Gasteiger partial charge in [0.05, 0.1) is 5.66 Å². The number of nitrogens with two attached hydrogens (primary N) is 1. The third kappa shape index (κ3) is 4.46. The Kier molecular flexibility index (Phi) is 5.71. The number of hydrogen-bond acceptors (Lipinski definition) is 2. The van der Waals surface area contributed by atoms with Gasteiger partial charge in [-0.2, -0.15) is 0 Å². The number of hydrogen-bond donors (Lipinski definition) is 1. The quantitative estimate of drug-likeness (QED) is 0.713. The van der Waals surface area contributed by atoms with Crippen molar-refractivity contribution < 1.29 is 0 Å². The van der Waals surface area contributed by atoms with Crippen LogP contribution in [0.15, 0.2) is 0 Å². The first-order valence-electron chi connectivity index (χ1n) is 7.78. The summed E-state index contributed by atoms with van der Waals surface area (Å²) < 4.78 is 0. The SMILES string of the molecule is CCN(C(C)(N)CC(C)(C)CC)C(C)(C)C(C)(C)C. The van der Waals surface area contributed by atoms with Gasteiger partial charge in [-0.25, -0.2) is 0 Å². The summed E-state index contributed by atoms with van der Waals surface area (Å²) in [5.74, 6) is 0. The summed E-state index contributed by atoms with van der Waals surface area (Å²) in [6.45, 7) is 23.8. The average molecular weight is 271 g/mol. The smallest absolute Gasteiger partial charge is 0.0667 e. The third-order valence-corrected chi connectivity index (χ3v) is 5.24. The van der Waals surface area contributed by atoms with E-state index < -0.39 is 0 Å². The van der Waals surface area contributed by atoms with Gasteiger partial charge in [-0.3, -0.25) is 4.90 Å². The molecular formula is C17H38N2. The second kappa shape index (κ2) is 5.73. The summed E-state index contributed by atoms with van der Waals surface area (Å²) in [6.07, 6.45) is 2.18. The molecule has 0 aromatic heterocycles. The van der Waals surface area contributed by atoms with Crippen molar-refractivity contribution in [1.82, 2.24) is 4.90 Å². The first-order chi connectivity index (χ1) is 8.21. The van der Waals surface area contributed by atoms with E-state index in [9.17, 15) is 0 Å². The van der Waals surface area contributed by atoms with Gasteiger partial charge in [-0.15, -0.1) is 0 Å². The van der Waals surface area contributed by atoms with Crippen LogP contribution in [0.25, 0.3) is 0 Å². The van der Waals surface area contributed by atoms with Crippen LogP contribution in [-0.4, -0.2) is 22.6 Å². The van der Waals surface area contributed by atoms with E-state index in [0.717, 1.165) is 19.4 Å². The molecule has 2 nitrogen and oxygen atoms in total. The van der Waals surface area contributed by atoms with Crippen LogP contribution >= 0.6 is 0 Å². The van der Waals surface area contributed by atoms with E-state index in [0.29, 0.717) is 0 Å². The molecule has 2 heteroatoms. The molecule has 0 saturated heterocycles. The minimum absolute atomic E-state index is 0.0646. The molecule has 1 atom stereocenters. The average Bonchev–Trinajstić information content (AvgIpc) is 2.14.